The van der Waals surface area contributed by atoms with Gasteiger partial charge in [-0.2, -0.15) is 10.5 Å². The highest BCUT2D eigenvalue weighted by molar-refractivity contribution is 5.66. The number of rotatable bonds is 2. The van der Waals surface area contributed by atoms with Gasteiger partial charge in [-0.3, -0.25) is 0 Å². The number of nitriles is 2. The predicted molar refractivity (Wildman–Crippen MR) is 130 cm³/mol. The van der Waals surface area contributed by atoms with Crippen molar-refractivity contribution in [1.82, 2.24) is 0 Å². The van der Waals surface area contributed by atoms with Crippen LogP contribution in [0.4, 0.5) is 13.2 Å². The van der Waals surface area contributed by atoms with Gasteiger partial charge in [-0.25, -0.2) is 13.2 Å². The average Bonchev–Trinajstić information content (AvgIpc) is 3.17. The molecule has 0 fully saturated rings. The molecule has 38 heavy (non-hydrogen) atoms. The molecule has 1 spiro atoms. The van der Waals surface area contributed by atoms with Gasteiger partial charge in [-0.05, 0) is 70.2 Å². The van der Waals surface area contributed by atoms with Gasteiger partial charge in [0.25, 0.3) is 0 Å². The minimum atomic E-state index is -1.80. The molecule has 0 saturated carbocycles. The third-order valence-corrected chi connectivity index (χ3v) is 7.90. The number of benzene rings is 3. The number of ether oxygens (including phenoxy) is 1. The van der Waals surface area contributed by atoms with Gasteiger partial charge in [0, 0.05) is 5.41 Å². The summed E-state index contributed by atoms with van der Waals surface area (Å²) in [6.45, 7) is 8.00. The highest BCUT2D eigenvalue weighted by atomic mass is 19.2. The van der Waals surface area contributed by atoms with Crippen LogP contribution in [0, 0.1) is 40.1 Å². The molecular weight excluding hydrogens is 497 g/mol. The van der Waals surface area contributed by atoms with E-state index in [4.69, 9.17) is 10.00 Å². The molecule has 2 aliphatic carbocycles. The van der Waals surface area contributed by atoms with E-state index in [2.05, 4.69) is 0 Å². The number of fused-ring (bicyclic) bond motifs is 4. The zero-order valence-corrected chi connectivity index (χ0v) is 21.0. The van der Waals surface area contributed by atoms with Crippen LogP contribution in [-0.2, 0) is 16.2 Å². The lowest BCUT2D eigenvalue weighted by Crippen LogP contribution is -2.26. The summed E-state index contributed by atoms with van der Waals surface area (Å²) in [7, 11) is 0. The van der Waals surface area contributed by atoms with Crippen molar-refractivity contribution in [2.24, 2.45) is 0 Å². The number of phenols is 3. The number of hydrogen-bond acceptors (Lipinski definition) is 6. The Morgan fingerprint density at radius 1 is 0.684 bits per heavy atom. The minimum Gasteiger partial charge on any atom is -0.504 e. The number of hydrogen-bond donors (Lipinski definition) is 3. The largest absolute Gasteiger partial charge is 0.504 e. The molecule has 0 radical (unpaired) electrons. The minimum absolute atomic E-state index is 0.225. The second kappa shape index (κ2) is 7.82. The van der Waals surface area contributed by atoms with E-state index < -0.39 is 50.9 Å². The summed E-state index contributed by atoms with van der Waals surface area (Å²) in [5.74, 6) is -7.32. The molecule has 1 atom stereocenters. The van der Waals surface area contributed by atoms with Crippen LogP contribution in [0.1, 0.15) is 73.9 Å². The van der Waals surface area contributed by atoms with Crippen molar-refractivity contribution in [3.05, 3.63) is 75.1 Å². The molecule has 6 nitrogen and oxygen atoms in total. The van der Waals surface area contributed by atoms with E-state index in [1.54, 1.807) is 12.1 Å². The molecule has 194 valence electrons. The third kappa shape index (κ3) is 3.24. The van der Waals surface area contributed by atoms with Crippen LogP contribution in [0.2, 0.25) is 0 Å². The second-order valence-corrected chi connectivity index (χ2v) is 11.3. The highest BCUT2D eigenvalue weighted by Gasteiger charge is 2.57. The van der Waals surface area contributed by atoms with Crippen LogP contribution in [0.3, 0.4) is 0 Å². The van der Waals surface area contributed by atoms with Gasteiger partial charge in [0.2, 0.25) is 0 Å². The first kappa shape index (κ1) is 25.3. The number of aromatic hydroxyl groups is 3. The summed E-state index contributed by atoms with van der Waals surface area (Å²) < 4.78 is 48.9. The van der Waals surface area contributed by atoms with Crippen LogP contribution in [0.25, 0.3) is 0 Å². The maximum absolute atomic E-state index is 14.9. The Kier molecular flexibility index (Phi) is 5.20. The Morgan fingerprint density at radius 2 is 1.13 bits per heavy atom. The predicted octanol–water partition coefficient (Wildman–Crippen LogP) is 6.41. The van der Waals surface area contributed by atoms with E-state index >= 15 is 0 Å². The van der Waals surface area contributed by atoms with Gasteiger partial charge in [0.15, 0.2) is 46.2 Å². The average molecular weight is 521 g/mol. The smallest absolute Gasteiger partial charge is 0.188 e. The summed E-state index contributed by atoms with van der Waals surface area (Å²) >= 11 is 0. The summed E-state index contributed by atoms with van der Waals surface area (Å²) in [5.41, 5.74) is -0.713. The summed E-state index contributed by atoms with van der Waals surface area (Å²) in [6.07, 6.45) is 1.18. The Morgan fingerprint density at radius 3 is 1.66 bits per heavy atom. The molecule has 3 aromatic carbocycles. The van der Waals surface area contributed by atoms with Crippen molar-refractivity contribution in [1.29, 1.82) is 10.5 Å². The van der Waals surface area contributed by atoms with Crippen molar-refractivity contribution in [3.63, 3.8) is 0 Å². The van der Waals surface area contributed by atoms with E-state index in [1.807, 2.05) is 27.7 Å². The summed E-state index contributed by atoms with van der Waals surface area (Å²) in [4.78, 5) is 0. The molecular formula is C29H23F3N2O4. The van der Waals surface area contributed by atoms with Gasteiger partial charge in [0.05, 0.1) is 0 Å². The molecule has 0 heterocycles. The Labute approximate surface area is 216 Å². The van der Waals surface area contributed by atoms with Gasteiger partial charge >= 0.3 is 0 Å². The molecule has 3 N–H and O–H groups in total. The van der Waals surface area contributed by atoms with E-state index in [1.165, 1.54) is 24.3 Å². The summed E-state index contributed by atoms with van der Waals surface area (Å²) in [6, 6.07) is 8.63. The van der Waals surface area contributed by atoms with Gasteiger partial charge in [-0.1, -0.05) is 27.7 Å². The van der Waals surface area contributed by atoms with Gasteiger partial charge in [-0.15, -0.1) is 0 Å². The molecule has 0 amide bonds. The van der Waals surface area contributed by atoms with Crippen molar-refractivity contribution >= 4 is 0 Å². The van der Waals surface area contributed by atoms with Crippen molar-refractivity contribution < 1.29 is 33.2 Å². The summed E-state index contributed by atoms with van der Waals surface area (Å²) in [5, 5.41) is 49.9. The molecule has 0 bridgehead atoms. The Bertz CT molecular complexity index is 1650. The number of phenolic OH excluding ortho intramolecular Hbond substituents is 3. The third-order valence-electron chi connectivity index (χ3n) is 7.90. The molecule has 1 unspecified atom stereocenters. The van der Waals surface area contributed by atoms with Crippen LogP contribution in [0.15, 0.2) is 24.3 Å². The topological polar surface area (TPSA) is 118 Å². The molecule has 2 aliphatic rings. The van der Waals surface area contributed by atoms with Gasteiger partial charge < -0.3 is 20.1 Å². The zero-order chi connectivity index (χ0) is 27.9. The molecule has 3 aromatic rings. The zero-order valence-electron chi connectivity index (χ0n) is 21.0. The van der Waals surface area contributed by atoms with Crippen LogP contribution < -0.4 is 4.74 Å². The normalized spacial score (nSPS) is 20.0. The fourth-order valence-corrected chi connectivity index (χ4v) is 6.47. The molecule has 0 aromatic heterocycles. The second-order valence-electron chi connectivity index (χ2n) is 11.3. The fourth-order valence-electron chi connectivity index (χ4n) is 6.47. The maximum Gasteiger partial charge on any atom is 0.188 e. The first-order valence-electron chi connectivity index (χ1n) is 11.8. The standard InChI is InChI=1S/C29H23F3N2O4/c1-27(2)11-29(17-6-20(36)19(35)5-15(17)27)12-28(3,4)16-8-22(21(37)7-18(16)29)38-26-14(10-34)24(31)23(30)13(9-33)25(26)32/h5-8,35-37H,11-12H2,1-4H3. The highest BCUT2D eigenvalue weighted by Crippen LogP contribution is 2.64. The molecule has 0 aliphatic heterocycles. The van der Waals surface area contributed by atoms with Crippen LogP contribution in [-0.4, -0.2) is 15.3 Å². The Hall–Kier alpha value is -4.37. The number of nitrogens with zero attached hydrogens (tertiary/aromatic N) is 2. The first-order valence-corrected chi connectivity index (χ1v) is 11.8. The fraction of sp³-hybridized carbons (Fsp3) is 0.310. The molecule has 9 heteroatoms. The molecule has 5 rings (SSSR count). The maximum atomic E-state index is 14.9. The number of halogens is 3. The monoisotopic (exact) mass is 520 g/mol. The van der Waals surface area contributed by atoms with E-state index in [-0.39, 0.29) is 22.7 Å². The molecule has 0 saturated heterocycles. The first-order chi connectivity index (χ1) is 17.7. The van der Waals surface area contributed by atoms with Crippen molar-refractivity contribution in [2.75, 3.05) is 0 Å². The lowest BCUT2D eigenvalue weighted by Gasteiger charge is -2.30. The van der Waals surface area contributed by atoms with Crippen LogP contribution >= 0.6 is 0 Å². The van der Waals surface area contributed by atoms with Gasteiger partial charge in [0.1, 0.15) is 23.3 Å². The lowest BCUT2D eigenvalue weighted by molar-refractivity contribution is 0.348. The van der Waals surface area contributed by atoms with E-state index in [0.717, 1.165) is 22.3 Å². The van der Waals surface area contributed by atoms with E-state index in [9.17, 15) is 33.8 Å². The SMILES string of the molecule is CC1(C)CC2(CC(C)(C)c3cc(Oc4c(F)c(C#N)c(F)c(F)c4C#N)c(O)cc32)c2cc(O)c(O)cc21. The van der Waals surface area contributed by atoms with Crippen molar-refractivity contribution in [3.8, 4) is 40.9 Å². The quantitative estimate of drug-likeness (QED) is 0.266. The Balaban J connectivity index is 1.71. The lowest BCUT2D eigenvalue weighted by atomic mass is 9.72. The van der Waals surface area contributed by atoms with Crippen molar-refractivity contribution in [2.45, 2.75) is 56.8 Å². The van der Waals surface area contributed by atoms with Crippen LogP contribution in [0.5, 0.6) is 28.7 Å². The van der Waals surface area contributed by atoms with E-state index in [0.29, 0.717) is 12.8 Å².